The van der Waals surface area contributed by atoms with Crippen molar-refractivity contribution in [2.45, 2.75) is 31.3 Å². The third-order valence-corrected chi connectivity index (χ3v) is 12.0. The number of aryl methyl sites for hydroxylation is 1. The molecule has 0 saturated carbocycles. The second-order valence-corrected chi connectivity index (χ2v) is 13.7. The van der Waals surface area contributed by atoms with E-state index in [9.17, 15) is 4.79 Å². The minimum absolute atomic E-state index is 0.0629. The van der Waals surface area contributed by atoms with E-state index in [1.165, 1.54) is 35.7 Å². The molecular formula is C29H30O3S. The number of hydrogen-bond donors (Lipinski definition) is 0. The van der Waals surface area contributed by atoms with Gasteiger partial charge in [-0.05, 0) is 60.1 Å². The third-order valence-electron chi connectivity index (χ3n) is 7.74. The lowest BCUT2D eigenvalue weighted by Crippen LogP contribution is -2.46. The molecule has 3 aromatic carbocycles. The molecule has 3 fully saturated rings. The highest BCUT2D eigenvalue weighted by Crippen LogP contribution is 2.60. The summed E-state index contributed by atoms with van der Waals surface area (Å²) in [7, 11) is -0.716. The topological polar surface area (TPSA) is 35.5 Å². The van der Waals surface area contributed by atoms with Crippen LogP contribution in [0.1, 0.15) is 35.4 Å². The number of fused-ring (bicyclic) bond motifs is 5. The van der Waals surface area contributed by atoms with Crippen LogP contribution in [0.25, 0.3) is 0 Å². The minimum Gasteiger partial charge on any atom is -0.461 e. The van der Waals surface area contributed by atoms with Crippen molar-refractivity contribution in [1.82, 2.24) is 0 Å². The summed E-state index contributed by atoms with van der Waals surface area (Å²) in [5.41, 5.74) is 3.25. The van der Waals surface area contributed by atoms with Crippen LogP contribution in [-0.4, -0.2) is 35.1 Å². The molecular weight excluding hydrogens is 428 g/mol. The first-order valence-electron chi connectivity index (χ1n) is 12.0. The van der Waals surface area contributed by atoms with Gasteiger partial charge in [0.1, 0.15) is 23.5 Å². The highest BCUT2D eigenvalue weighted by molar-refractivity contribution is 8.33. The summed E-state index contributed by atoms with van der Waals surface area (Å²) in [6.45, 7) is 0. The van der Waals surface area contributed by atoms with Gasteiger partial charge in [0.15, 0.2) is 0 Å². The molecule has 3 aromatic rings. The van der Waals surface area contributed by atoms with Crippen LogP contribution in [-0.2, 0) is 16.0 Å². The van der Waals surface area contributed by atoms with Crippen LogP contribution in [0.2, 0.25) is 0 Å². The van der Waals surface area contributed by atoms with Gasteiger partial charge in [0.2, 0.25) is 0 Å². The Morgan fingerprint density at radius 3 is 2.12 bits per heavy atom. The zero-order valence-electron chi connectivity index (χ0n) is 18.8. The molecule has 0 aromatic heterocycles. The van der Waals surface area contributed by atoms with E-state index >= 15 is 0 Å². The molecule has 3 nitrogen and oxygen atoms in total. The van der Waals surface area contributed by atoms with E-state index in [1.807, 2.05) is 48.5 Å². The van der Waals surface area contributed by atoms with Gasteiger partial charge in [-0.25, -0.2) is 10.0 Å². The van der Waals surface area contributed by atoms with Crippen molar-refractivity contribution in [2.24, 2.45) is 5.92 Å². The van der Waals surface area contributed by atoms with Crippen LogP contribution in [0, 0.1) is 5.92 Å². The zero-order chi connectivity index (χ0) is 22.3. The van der Waals surface area contributed by atoms with Crippen LogP contribution < -0.4 is 4.74 Å². The molecule has 0 N–H and O–H groups in total. The molecule has 0 radical (unpaired) electrons. The molecule has 4 heterocycles. The fraction of sp³-hybridized carbons (Fsp3) is 0.345. The van der Waals surface area contributed by atoms with Crippen molar-refractivity contribution in [3.8, 4) is 11.5 Å². The first-order chi connectivity index (χ1) is 16.2. The largest absolute Gasteiger partial charge is 0.461 e. The molecule has 3 saturated heterocycles. The van der Waals surface area contributed by atoms with Gasteiger partial charge in [0.05, 0.1) is 0 Å². The van der Waals surface area contributed by atoms with Gasteiger partial charge in [-0.1, -0.05) is 66.7 Å². The molecule has 4 aliphatic rings. The lowest BCUT2D eigenvalue weighted by molar-refractivity contribution is -0.152. The SMILES string of the molecule is O=C(OC1CS2(CCc3ccccc3)CCC1CC2)C1c2ccccc2Oc2ccccc21. The average Bonchev–Trinajstić information content (AvgIpc) is 2.87. The Morgan fingerprint density at radius 1 is 0.848 bits per heavy atom. The lowest BCUT2D eigenvalue weighted by atomic mass is 9.88. The summed E-state index contributed by atoms with van der Waals surface area (Å²) >= 11 is 0. The van der Waals surface area contributed by atoms with Crippen molar-refractivity contribution in [3.05, 3.63) is 95.6 Å². The highest BCUT2D eigenvalue weighted by atomic mass is 32.3. The lowest BCUT2D eigenvalue weighted by Gasteiger charge is -2.54. The summed E-state index contributed by atoms with van der Waals surface area (Å²) in [6.07, 6.45) is 3.63. The van der Waals surface area contributed by atoms with Crippen molar-refractivity contribution < 1.29 is 14.3 Å². The molecule has 1 atom stereocenters. The monoisotopic (exact) mass is 458 g/mol. The van der Waals surface area contributed by atoms with Crippen molar-refractivity contribution in [3.63, 3.8) is 0 Å². The first-order valence-corrected chi connectivity index (χ1v) is 14.4. The normalized spacial score (nSPS) is 27.5. The van der Waals surface area contributed by atoms with Gasteiger partial charge < -0.3 is 9.47 Å². The van der Waals surface area contributed by atoms with Gasteiger partial charge >= 0.3 is 5.97 Å². The van der Waals surface area contributed by atoms with Crippen LogP contribution in [0.15, 0.2) is 78.9 Å². The van der Waals surface area contributed by atoms with Gasteiger partial charge in [-0.2, -0.15) is 0 Å². The van der Waals surface area contributed by atoms with E-state index in [1.54, 1.807) is 0 Å². The number of carbonyl (C=O) groups is 1. The summed E-state index contributed by atoms with van der Waals surface area (Å²) in [6, 6.07) is 26.6. The predicted octanol–water partition coefficient (Wildman–Crippen LogP) is 6.31. The standard InChI is InChI=1S/C29H30O3S/c30-29(28-23-10-4-6-12-25(23)31-26-13-7-5-11-24(26)28)32-27-20-33(18-15-22(27)16-19-33)17-14-21-8-2-1-3-9-21/h1-13,22,27-28H,14-20H2. The number of para-hydroxylation sites is 2. The summed E-state index contributed by atoms with van der Waals surface area (Å²) in [5.74, 6) is 6.55. The van der Waals surface area contributed by atoms with Crippen molar-refractivity contribution in [2.75, 3.05) is 23.0 Å². The number of carbonyl (C=O) groups excluding carboxylic acids is 1. The Labute approximate surface area is 197 Å². The van der Waals surface area contributed by atoms with E-state index in [4.69, 9.17) is 9.47 Å². The van der Waals surface area contributed by atoms with Crippen LogP contribution in [0.3, 0.4) is 0 Å². The molecule has 170 valence electrons. The second-order valence-electron chi connectivity index (χ2n) is 9.66. The number of ether oxygens (including phenoxy) is 2. The van der Waals surface area contributed by atoms with Crippen molar-refractivity contribution >= 4 is 16.0 Å². The Morgan fingerprint density at radius 2 is 1.45 bits per heavy atom. The zero-order valence-corrected chi connectivity index (χ0v) is 19.6. The van der Waals surface area contributed by atoms with E-state index in [0.29, 0.717) is 5.92 Å². The maximum Gasteiger partial charge on any atom is 0.318 e. The molecule has 0 amide bonds. The molecule has 4 aliphatic heterocycles. The number of hydrogen-bond acceptors (Lipinski definition) is 3. The van der Waals surface area contributed by atoms with Gasteiger partial charge in [0, 0.05) is 16.9 Å². The first kappa shape index (κ1) is 20.9. The summed E-state index contributed by atoms with van der Waals surface area (Å²) in [5, 5.41) is 0. The Hall–Kier alpha value is -2.72. The number of benzene rings is 3. The summed E-state index contributed by atoms with van der Waals surface area (Å²) < 4.78 is 12.5. The number of esters is 1. The fourth-order valence-electron chi connectivity index (χ4n) is 5.85. The molecule has 7 rings (SSSR count). The van der Waals surface area contributed by atoms with Crippen LogP contribution in [0.4, 0.5) is 0 Å². The molecule has 4 heteroatoms. The maximum absolute atomic E-state index is 13.7. The quantitative estimate of drug-likeness (QED) is 0.421. The van der Waals surface area contributed by atoms with Crippen molar-refractivity contribution in [1.29, 1.82) is 0 Å². The van der Waals surface area contributed by atoms with Gasteiger partial charge in [0.25, 0.3) is 0 Å². The van der Waals surface area contributed by atoms with Gasteiger partial charge in [-0.15, -0.1) is 0 Å². The molecule has 33 heavy (non-hydrogen) atoms. The molecule has 0 spiro atoms. The van der Waals surface area contributed by atoms with Crippen LogP contribution >= 0.6 is 10.0 Å². The second kappa shape index (κ2) is 8.57. The third kappa shape index (κ3) is 3.95. The average molecular weight is 459 g/mol. The molecule has 0 aliphatic carbocycles. The Bertz CT molecular complexity index is 1100. The fourth-order valence-corrected chi connectivity index (χ4v) is 10.3. The molecule has 2 bridgehead atoms. The Kier molecular flexibility index (Phi) is 5.41. The van der Waals surface area contributed by atoms with E-state index in [0.717, 1.165) is 34.8 Å². The minimum atomic E-state index is -0.716. The predicted molar refractivity (Wildman–Crippen MR) is 135 cm³/mol. The molecule has 1 unspecified atom stereocenters. The number of rotatable bonds is 5. The Balaban J connectivity index is 1.22. The summed E-state index contributed by atoms with van der Waals surface area (Å²) in [4.78, 5) is 13.7. The van der Waals surface area contributed by atoms with Crippen LogP contribution in [0.5, 0.6) is 11.5 Å². The smallest absolute Gasteiger partial charge is 0.318 e. The van der Waals surface area contributed by atoms with Gasteiger partial charge in [-0.3, -0.25) is 4.79 Å². The maximum atomic E-state index is 13.7. The van der Waals surface area contributed by atoms with E-state index in [-0.39, 0.29) is 12.1 Å². The highest BCUT2D eigenvalue weighted by Gasteiger charge is 2.45. The van der Waals surface area contributed by atoms with E-state index < -0.39 is 15.9 Å². The van der Waals surface area contributed by atoms with E-state index in [2.05, 4.69) is 30.3 Å².